The summed E-state index contributed by atoms with van der Waals surface area (Å²) in [6.45, 7) is 2.09. The maximum Gasteiger partial charge on any atom is 0.270 e. The molecule has 21 heavy (non-hydrogen) atoms. The minimum atomic E-state index is 0.0327. The lowest BCUT2D eigenvalue weighted by molar-refractivity contribution is 0.0646. The van der Waals surface area contributed by atoms with Crippen molar-refractivity contribution in [2.75, 3.05) is 24.7 Å². The second-order valence-electron chi connectivity index (χ2n) is 5.22. The third kappa shape index (κ3) is 2.05. The van der Waals surface area contributed by atoms with Gasteiger partial charge in [0.2, 0.25) is 0 Å². The number of halogens is 1. The molecule has 1 N–H and O–H groups in total. The third-order valence-electron chi connectivity index (χ3n) is 3.87. The smallest absolute Gasteiger partial charge is 0.270 e. The van der Waals surface area contributed by atoms with Gasteiger partial charge in [-0.05, 0) is 24.6 Å². The first-order valence-corrected chi connectivity index (χ1v) is 7.28. The molecule has 1 amide bonds. The number of nitrogens with one attached hydrogen (secondary N) is 1. The molecule has 6 heteroatoms. The fourth-order valence-electron chi connectivity index (χ4n) is 2.59. The number of rotatable bonds is 2. The van der Waals surface area contributed by atoms with Gasteiger partial charge in [-0.15, -0.1) is 0 Å². The molecule has 0 unspecified atom stereocenters. The number of aromatic nitrogens is 1. The van der Waals surface area contributed by atoms with E-state index in [0.29, 0.717) is 23.2 Å². The van der Waals surface area contributed by atoms with Gasteiger partial charge in [0, 0.05) is 29.9 Å². The molecule has 0 radical (unpaired) electrons. The van der Waals surface area contributed by atoms with Gasteiger partial charge in [0.05, 0.1) is 0 Å². The summed E-state index contributed by atoms with van der Waals surface area (Å²) in [5.41, 5.74) is 1.51. The van der Waals surface area contributed by atoms with Crippen molar-refractivity contribution in [1.82, 2.24) is 9.88 Å². The predicted molar refractivity (Wildman–Crippen MR) is 80.4 cm³/mol. The Morgan fingerprint density at radius 1 is 1.29 bits per heavy atom. The zero-order valence-corrected chi connectivity index (χ0v) is 12.1. The number of aromatic amines is 1. The summed E-state index contributed by atoms with van der Waals surface area (Å²) in [4.78, 5) is 19.2. The molecule has 0 spiro atoms. The average molecular weight is 304 g/mol. The monoisotopic (exact) mass is 303 g/mol. The van der Waals surface area contributed by atoms with E-state index in [0.717, 1.165) is 31.0 Å². The average Bonchev–Trinajstić information content (AvgIpc) is 2.95. The first-order valence-electron chi connectivity index (χ1n) is 6.90. The Morgan fingerprint density at radius 2 is 2.14 bits per heavy atom. The summed E-state index contributed by atoms with van der Waals surface area (Å²) in [7, 11) is 0. The molecule has 3 heterocycles. The zero-order valence-electron chi connectivity index (χ0n) is 11.3. The Morgan fingerprint density at radius 3 is 2.86 bits per heavy atom. The lowest BCUT2D eigenvalue weighted by atomic mass is 10.2. The summed E-state index contributed by atoms with van der Waals surface area (Å²) in [5.74, 6) is 1.55. The number of hydrogen-bond acceptors (Lipinski definition) is 3. The van der Waals surface area contributed by atoms with Gasteiger partial charge in [-0.2, -0.15) is 0 Å². The molecule has 2 aliphatic heterocycles. The molecule has 0 saturated carbocycles. The molecule has 1 aromatic heterocycles. The lowest BCUT2D eigenvalue weighted by Crippen LogP contribution is -2.42. The number of nitrogens with zero attached hydrogens (tertiary/aromatic N) is 2. The van der Waals surface area contributed by atoms with Gasteiger partial charge in [0.15, 0.2) is 18.3 Å². The maximum atomic E-state index is 12.2. The van der Waals surface area contributed by atoms with Gasteiger partial charge < -0.3 is 14.6 Å². The van der Waals surface area contributed by atoms with Crippen LogP contribution < -0.4 is 9.64 Å². The third-order valence-corrected chi connectivity index (χ3v) is 4.11. The van der Waals surface area contributed by atoms with Crippen molar-refractivity contribution in [3.63, 3.8) is 0 Å². The largest absolute Gasteiger partial charge is 0.469 e. The van der Waals surface area contributed by atoms with Crippen molar-refractivity contribution in [3.8, 4) is 5.75 Å². The number of amides is 1. The molecule has 1 fully saturated rings. The summed E-state index contributed by atoms with van der Waals surface area (Å²) in [5, 5.41) is 0.671. The van der Waals surface area contributed by atoms with Crippen LogP contribution in [-0.2, 0) is 0 Å². The topological polar surface area (TPSA) is 48.6 Å². The highest BCUT2D eigenvalue weighted by atomic mass is 35.5. The molecular formula is C15H14ClN3O2. The minimum Gasteiger partial charge on any atom is -0.469 e. The molecule has 5 nitrogen and oxygen atoms in total. The highest BCUT2D eigenvalue weighted by molar-refractivity contribution is 6.30. The van der Waals surface area contributed by atoms with Crippen LogP contribution in [0.5, 0.6) is 5.75 Å². The second kappa shape index (κ2) is 4.70. The van der Waals surface area contributed by atoms with E-state index in [1.54, 1.807) is 6.07 Å². The second-order valence-corrected chi connectivity index (χ2v) is 5.66. The SMILES string of the molecule is O=C(c1cc2c([nH]1)N(c1cccc(Cl)c1)CO2)N1CCC1. The van der Waals surface area contributed by atoms with Crippen molar-refractivity contribution in [2.24, 2.45) is 0 Å². The highest BCUT2D eigenvalue weighted by Crippen LogP contribution is 2.39. The Labute approximate surface area is 127 Å². The van der Waals surface area contributed by atoms with Gasteiger partial charge in [-0.1, -0.05) is 17.7 Å². The van der Waals surface area contributed by atoms with Crippen molar-refractivity contribution in [3.05, 3.63) is 41.0 Å². The van der Waals surface area contributed by atoms with Crippen LogP contribution in [0.25, 0.3) is 0 Å². The van der Waals surface area contributed by atoms with Crippen LogP contribution in [-0.4, -0.2) is 35.6 Å². The molecule has 1 saturated heterocycles. The predicted octanol–water partition coefficient (Wildman–Crippen LogP) is 3.00. The van der Waals surface area contributed by atoms with E-state index >= 15 is 0 Å². The van der Waals surface area contributed by atoms with Gasteiger partial charge in [0.25, 0.3) is 5.91 Å². The van der Waals surface area contributed by atoms with E-state index in [1.807, 2.05) is 34.1 Å². The van der Waals surface area contributed by atoms with Crippen molar-refractivity contribution >= 4 is 29.0 Å². The van der Waals surface area contributed by atoms with Crippen LogP contribution in [0.15, 0.2) is 30.3 Å². The maximum absolute atomic E-state index is 12.2. The van der Waals surface area contributed by atoms with Gasteiger partial charge in [0.1, 0.15) is 5.69 Å². The summed E-state index contributed by atoms with van der Waals surface area (Å²) in [6.07, 6.45) is 1.08. The Bertz CT molecular complexity index is 709. The number of likely N-dealkylation sites (tertiary alicyclic amines) is 1. The van der Waals surface area contributed by atoms with E-state index < -0.39 is 0 Å². The quantitative estimate of drug-likeness (QED) is 0.928. The van der Waals surface area contributed by atoms with Crippen LogP contribution in [0.1, 0.15) is 16.9 Å². The van der Waals surface area contributed by atoms with Crippen LogP contribution in [0.4, 0.5) is 11.5 Å². The standard InChI is InChI=1S/C15H14ClN3O2/c16-10-3-1-4-11(7-10)19-9-21-13-8-12(17-14(13)19)15(20)18-5-2-6-18/h1,3-4,7-8,17H,2,5-6,9H2. The van der Waals surface area contributed by atoms with E-state index in [9.17, 15) is 4.79 Å². The molecule has 0 atom stereocenters. The molecule has 1 aromatic carbocycles. The molecule has 2 aromatic rings. The van der Waals surface area contributed by atoms with E-state index in [4.69, 9.17) is 16.3 Å². The van der Waals surface area contributed by atoms with Crippen molar-refractivity contribution in [1.29, 1.82) is 0 Å². The summed E-state index contributed by atoms with van der Waals surface area (Å²) < 4.78 is 5.65. The van der Waals surface area contributed by atoms with Crippen LogP contribution in [0.2, 0.25) is 5.02 Å². The Balaban J connectivity index is 1.65. The fourth-order valence-corrected chi connectivity index (χ4v) is 2.77. The van der Waals surface area contributed by atoms with Crippen LogP contribution in [0, 0.1) is 0 Å². The van der Waals surface area contributed by atoms with Crippen LogP contribution in [0.3, 0.4) is 0 Å². The van der Waals surface area contributed by atoms with Crippen molar-refractivity contribution in [2.45, 2.75) is 6.42 Å². The number of benzene rings is 1. The molecule has 108 valence electrons. The Hall–Kier alpha value is -2.14. The number of carbonyl (C=O) groups is 1. The number of H-pyrrole nitrogens is 1. The highest BCUT2D eigenvalue weighted by Gasteiger charge is 2.29. The lowest BCUT2D eigenvalue weighted by Gasteiger charge is -2.30. The van der Waals surface area contributed by atoms with E-state index in [1.165, 1.54) is 0 Å². The first kappa shape index (κ1) is 12.6. The number of ether oxygens (including phenoxy) is 1. The summed E-state index contributed by atoms with van der Waals surface area (Å²) in [6, 6.07) is 9.33. The molecule has 4 rings (SSSR count). The molecule has 0 aliphatic carbocycles. The van der Waals surface area contributed by atoms with E-state index in [2.05, 4.69) is 4.98 Å². The molecular weight excluding hydrogens is 290 g/mol. The van der Waals surface area contributed by atoms with Crippen molar-refractivity contribution < 1.29 is 9.53 Å². The number of hydrogen-bond donors (Lipinski definition) is 1. The minimum absolute atomic E-state index is 0.0327. The summed E-state index contributed by atoms with van der Waals surface area (Å²) >= 11 is 6.04. The van der Waals surface area contributed by atoms with E-state index in [-0.39, 0.29) is 5.91 Å². The van der Waals surface area contributed by atoms with Gasteiger partial charge in [-0.25, -0.2) is 0 Å². The normalized spacial score (nSPS) is 16.4. The van der Waals surface area contributed by atoms with Crippen LogP contribution >= 0.6 is 11.6 Å². The number of anilines is 2. The molecule has 0 bridgehead atoms. The van der Waals surface area contributed by atoms with Gasteiger partial charge >= 0.3 is 0 Å². The van der Waals surface area contributed by atoms with Gasteiger partial charge in [-0.3, -0.25) is 9.69 Å². The zero-order chi connectivity index (χ0) is 14.4. The number of carbonyl (C=O) groups excluding carboxylic acids is 1. The first-order chi connectivity index (χ1) is 10.2. The number of fused-ring (bicyclic) bond motifs is 1. The molecule has 2 aliphatic rings. The fraction of sp³-hybridized carbons (Fsp3) is 0.267. The Kier molecular flexibility index (Phi) is 2.82.